The van der Waals surface area contributed by atoms with Gasteiger partial charge in [-0.1, -0.05) is 6.07 Å². The van der Waals surface area contributed by atoms with Crippen molar-refractivity contribution in [2.75, 3.05) is 6.54 Å². The quantitative estimate of drug-likeness (QED) is 0.628. The Balaban J connectivity index is 2.31. The molecular weight excluding hydrogens is 184 g/mol. The first kappa shape index (κ1) is 8.80. The smallest absolute Gasteiger partial charge is 0.407 e. The minimum Gasteiger partial charge on any atom is -0.465 e. The van der Waals surface area contributed by atoms with E-state index >= 15 is 0 Å². The standard InChI is InChI=1S/C9H10N2O3/c12-8-2-1-6-5-11(9(13)14)4-3-7(6)10-8/h1-2H,3-5H2,(H,10,12)(H,13,14). The Hall–Kier alpha value is -1.78. The van der Waals surface area contributed by atoms with Crippen LogP contribution in [0.15, 0.2) is 16.9 Å². The molecule has 0 radical (unpaired) electrons. The first-order chi connectivity index (χ1) is 6.66. The average molecular weight is 194 g/mol. The summed E-state index contributed by atoms with van der Waals surface area (Å²) in [6.45, 7) is 0.809. The summed E-state index contributed by atoms with van der Waals surface area (Å²) in [5.41, 5.74) is 1.61. The number of pyridine rings is 1. The molecule has 2 heterocycles. The Morgan fingerprint density at radius 2 is 2.29 bits per heavy atom. The van der Waals surface area contributed by atoms with E-state index in [4.69, 9.17) is 5.11 Å². The van der Waals surface area contributed by atoms with Crippen LogP contribution < -0.4 is 5.56 Å². The lowest BCUT2D eigenvalue weighted by Crippen LogP contribution is -2.35. The molecular formula is C9H10N2O3. The van der Waals surface area contributed by atoms with Gasteiger partial charge in [-0.25, -0.2) is 4.79 Å². The van der Waals surface area contributed by atoms with Gasteiger partial charge in [0, 0.05) is 24.7 Å². The van der Waals surface area contributed by atoms with Crippen molar-refractivity contribution in [3.8, 4) is 0 Å². The van der Waals surface area contributed by atoms with E-state index in [2.05, 4.69) is 4.98 Å². The number of amides is 1. The highest BCUT2D eigenvalue weighted by Gasteiger charge is 2.19. The van der Waals surface area contributed by atoms with E-state index in [9.17, 15) is 9.59 Å². The number of hydrogen-bond donors (Lipinski definition) is 2. The second-order valence-electron chi connectivity index (χ2n) is 3.28. The highest BCUT2D eigenvalue weighted by Crippen LogP contribution is 2.14. The summed E-state index contributed by atoms with van der Waals surface area (Å²) in [4.78, 5) is 25.7. The molecule has 0 unspecified atom stereocenters. The first-order valence-corrected chi connectivity index (χ1v) is 4.36. The normalized spacial score (nSPS) is 15.0. The molecule has 0 saturated heterocycles. The minimum absolute atomic E-state index is 0.132. The summed E-state index contributed by atoms with van der Waals surface area (Å²) in [5, 5.41) is 8.77. The lowest BCUT2D eigenvalue weighted by atomic mass is 10.1. The second-order valence-corrected chi connectivity index (χ2v) is 3.28. The number of carboxylic acid groups (broad SMARTS) is 1. The summed E-state index contributed by atoms with van der Waals surface area (Å²) < 4.78 is 0. The third-order valence-corrected chi connectivity index (χ3v) is 2.36. The van der Waals surface area contributed by atoms with Gasteiger partial charge in [-0.15, -0.1) is 0 Å². The largest absolute Gasteiger partial charge is 0.465 e. The molecule has 14 heavy (non-hydrogen) atoms. The second kappa shape index (κ2) is 3.17. The molecule has 1 aliphatic rings. The van der Waals surface area contributed by atoms with Crippen LogP contribution >= 0.6 is 0 Å². The molecule has 0 aromatic carbocycles. The fraction of sp³-hybridized carbons (Fsp3) is 0.333. The van der Waals surface area contributed by atoms with Crippen molar-refractivity contribution in [3.05, 3.63) is 33.7 Å². The summed E-state index contributed by atoms with van der Waals surface area (Å²) in [6, 6.07) is 3.10. The van der Waals surface area contributed by atoms with Crippen LogP contribution in [0.1, 0.15) is 11.3 Å². The number of aromatic amines is 1. The monoisotopic (exact) mass is 194 g/mol. The summed E-state index contributed by atoms with van der Waals surface area (Å²) in [6.07, 6.45) is -0.334. The maximum atomic E-state index is 11.0. The van der Waals surface area contributed by atoms with Gasteiger partial charge < -0.3 is 15.0 Å². The number of nitrogens with one attached hydrogen (secondary N) is 1. The maximum absolute atomic E-state index is 11.0. The van der Waals surface area contributed by atoms with Gasteiger partial charge in [0.25, 0.3) is 0 Å². The van der Waals surface area contributed by atoms with Crippen LogP contribution in [-0.2, 0) is 13.0 Å². The minimum atomic E-state index is -0.915. The topological polar surface area (TPSA) is 73.4 Å². The zero-order chi connectivity index (χ0) is 10.1. The highest BCUT2D eigenvalue weighted by atomic mass is 16.4. The van der Waals surface area contributed by atoms with Gasteiger partial charge in [0.2, 0.25) is 5.56 Å². The van der Waals surface area contributed by atoms with E-state index in [1.807, 2.05) is 0 Å². The van der Waals surface area contributed by atoms with Gasteiger partial charge in [-0.05, 0) is 5.56 Å². The van der Waals surface area contributed by atoms with Crippen molar-refractivity contribution in [1.82, 2.24) is 9.88 Å². The Morgan fingerprint density at radius 1 is 1.50 bits per heavy atom. The lowest BCUT2D eigenvalue weighted by Gasteiger charge is -2.25. The number of H-pyrrole nitrogens is 1. The third kappa shape index (κ3) is 1.48. The molecule has 0 bridgehead atoms. The van der Waals surface area contributed by atoms with Gasteiger partial charge in [0.15, 0.2) is 0 Å². The molecule has 1 aromatic heterocycles. The molecule has 2 rings (SSSR count). The highest BCUT2D eigenvalue weighted by molar-refractivity contribution is 5.65. The van der Waals surface area contributed by atoms with Gasteiger partial charge in [-0.3, -0.25) is 4.79 Å². The van der Waals surface area contributed by atoms with E-state index in [1.165, 1.54) is 11.0 Å². The van der Waals surface area contributed by atoms with Crippen LogP contribution in [-0.4, -0.2) is 27.6 Å². The number of hydrogen-bond acceptors (Lipinski definition) is 2. The molecule has 0 aliphatic carbocycles. The van der Waals surface area contributed by atoms with Crippen LogP contribution in [0.5, 0.6) is 0 Å². The number of carbonyl (C=O) groups is 1. The summed E-state index contributed by atoms with van der Waals surface area (Å²) in [7, 11) is 0. The molecule has 0 spiro atoms. The Kier molecular flexibility index (Phi) is 1.99. The molecule has 0 saturated carbocycles. The van der Waals surface area contributed by atoms with E-state index in [0.717, 1.165) is 11.3 Å². The zero-order valence-corrected chi connectivity index (χ0v) is 7.49. The van der Waals surface area contributed by atoms with E-state index < -0.39 is 6.09 Å². The first-order valence-electron chi connectivity index (χ1n) is 4.36. The summed E-state index contributed by atoms with van der Waals surface area (Å²) >= 11 is 0. The van der Waals surface area contributed by atoms with Crippen molar-refractivity contribution < 1.29 is 9.90 Å². The van der Waals surface area contributed by atoms with Crippen molar-refractivity contribution in [1.29, 1.82) is 0 Å². The third-order valence-electron chi connectivity index (χ3n) is 2.36. The maximum Gasteiger partial charge on any atom is 0.407 e. The number of aromatic nitrogens is 1. The molecule has 0 fully saturated rings. The SMILES string of the molecule is O=C(O)N1CCc2[nH]c(=O)ccc2C1. The van der Waals surface area contributed by atoms with Crippen molar-refractivity contribution in [3.63, 3.8) is 0 Å². The molecule has 1 aromatic rings. The molecule has 74 valence electrons. The van der Waals surface area contributed by atoms with Crippen LogP contribution in [0.4, 0.5) is 4.79 Å². The molecule has 5 nitrogen and oxygen atoms in total. The van der Waals surface area contributed by atoms with Gasteiger partial charge in [0.05, 0.1) is 6.54 Å². The Morgan fingerprint density at radius 3 is 3.00 bits per heavy atom. The van der Waals surface area contributed by atoms with Gasteiger partial charge in [0.1, 0.15) is 0 Å². The molecule has 1 amide bonds. The molecule has 5 heteroatoms. The fourth-order valence-corrected chi connectivity index (χ4v) is 1.61. The summed E-state index contributed by atoms with van der Waals surface area (Å²) in [5.74, 6) is 0. The number of nitrogens with zero attached hydrogens (tertiary/aromatic N) is 1. The van der Waals surface area contributed by atoms with E-state index in [-0.39, 0.29) is 5.56 Å². The van der Waals surface area contributed by atoms with Crippen molar-refractivity contribution in [2.24, 2.45) is 0 Å². The lowest BCUT2D eigenvalue weighted by molar-refractivity contribution is 0.139. The zero-order valence-electron chi connectivity index (χ0n) is 7.49. The molecule has 2 N–H and O–H groups in total. The van der Waals surface area contributed by atoms with Crippen LogP contribution in [0.2, 0.25) is 0 Å². The average Bonchev–Trinajstić information content (AvgIpc) is 2.16. The van der Waals surface area contributed by atoms with E-state index in [0.29, 0.717) is 19.5 Å². The van der Waals surface area contributed by atoms with Gasteiger partial charge in [-0.2, -0.15) is 0 Å². The molecule has 1 aliphatic heterocycles. The molecule has 0 atom stereocenters. The van der Waals surface area contributed by atoms with Gasteiger partial charge >= 0.3 is 6.09 Å². The van der Waals surface area contributed by atoms with Crippen LogP contribution in [0, 0.1) is 0 Å². The van der Waals surface area contributed by atoms with Crippen LogP contribution in [0.25, 0.3) is 0 Å². The Bertz CT molecular complexity index is 424. The predicted octanol–water partition coefficient (Wildman–Crippen LogP) is 0.411. The van der Waals surface area contributed by atoms with E-state index in [1.54, 1.807) is 6.07 Å². The number of rotatable bonds is 0. The van der Waals surface area contributed by atoms with Crippen LogP contribution in [0.3, 0.4) is 0 Å². The van der Waals surface area contributed by atoms with Crippen molar-refractivity contribution in [2.45, 2.75) is 13.0 Å². The fourth-order valence-electron chi connectivity index (χ4n) is 1.61. The van der Waals surface area contributed by atoms with Crippen molar-refractivity contribution >= 4 is 6.09 Å². The predicted molar refractivity (Wildman–Crippen MR) is 49.2 cm³/mol. The number of fused-ring (bicyclic) bond motifs is 1. The Labute approximate surface area is 80.0 Å².